The van der Waals surface area contributed by atoms with E-state index in [9.17, 15) is 4.79 Å². The molecule has 1 aromatic rings. The zero-order valence-corrected chi connectivity index (χ0v) is 9.78. The lowest BCUT2D eigenvalue weighted by Gasteiger charge is -2.03. The van der Waals surface area contributed by atoms with Gasteiger partial charge in [0.05, 0.1) is 7.11 Å². The van der Waals surface area contributed by atoms with Gasteiger partial charge in [0.1, 0.15) is 5.75 Å². The Morgan fingerprint density at radius 2 is 2.25 bits per heavy atom. The molecule has 0 aromatic heterocycles. The summed E-state index contributed by atoms with van der Waals surface area (Å²) in [4.78, 5) is 11.7. The molecule has 0 aliphatic carbocycles. The molecule has 1 N–H and O–H groups in total. The van der Waals surface area contributed by atoms with Gasteiger partial charge in [-0.15, -0.1) is 0 Å². The van der Waals surface area contributed by atoms with Gasteiger partial charge >= 0.3 is 0 Å². The van der Waals surface area contributed by atoms with E-state index in [1.807, 2.05) is 13.8 Å². The van der Waals surface area contributed by atoms with E-state index in [0.717, 1.165) is 12.1 Å². The van der Waals surface area contributed by atoms with Gasteiger partial charge in [-0.25, -0.2) is 5.43 Å². The highest BCUT2D eigenvalue weighted by atomic mass is 16.5. The molecule has 0 aliphatic heterocycles. The van der Waals surface area contributed by atoms with E-state index in [1.165, 1.54) is 0 Å². The molecule has 1 aromatic carbocycles. The van der Waals surface area contributed by atoms with E-state index in [4.69, 9.17) is 4.74 Å². The van der Waals surface area contributed by atoms with Crippen LogP contribution in [0.1, 0.15) is 30.6 Å². The molecule has 4 heteroatoms. The molecule has 1 amide bonds. The minimum Gasteiger partial charge on any atom is -0.497 e. The first-order valence-corrected chi connectivity index (χ1v) is 5.15. The molecule has 86 valence electrons. The van der Waals surface area contributed by atoms with Crippen molar-refractivity contribution in [3.05, 3.63) is 29.8 Å². The van der Waals surface area contributed by atoms with Crippen molar-refractivity contribution in [2.45, 2.75) is 20.3 Å². The summed E-state index contributed by atoms with van der Waals surface area (Å²) in [5.41, 5.74) is 3.91. The molecule has 0 atom stereocenters. The van der Waals surface area contributed by atoms with Gasteiger partial charge in [0.25, 0.3) is 5.91 Å². The molecule has 0 saturated carbocycles. The maximum atomic E-state index is 11.7. The summed E-state index contributed by atoms with van der Waals surface area (Å²) < 4.78 is 5.04. The summed E-state index contributed by atoms with van der Waals surface area (Å²) in [6.07, 6.45) is 0.818. The Hall–Kier alpha value is -1.84. The number of benzene rings is 1. The summed E-state index contributed by atoms with van der Waals surface area (Å²) in [5, 5.41) is 3.95. The third kappa shape index (κ3) is 3.38. The van der Waals surface area contributed by atoms with Crippen LogP contribution in [-0.4, -0.2) is 18.7 Å². The first kappa shape index (κ1) is 12.2. The monoisotopic (exact) mass is 220 g/mol. The molecule has 4 nitrogen and oxygen atoms in total. The van der Waals surface area contributed by atoms with E-state index in [0.29, 0.717) is 11.3 Å². The second-order valence-electron chi connectivity index (χ2n) is 3.37. The highest BCUT2D eigenvalue weighted by molar-refractivity contribution is 5.95. The van der Waals surface area contributed by atoms with Gasteiger partial charge < -0.3 is 4.74 Å². The summed E-state index contributed by atoms with van der Waals surface area (Å²) >= 11 is 0. The number of nitrogens with one attached hydrogen (secondary N) is 1. The molecule has 0 bridgehead atoms. The number of methoxy groups -OCH3 is 1. The van der Waals surface area contributed by atoms with Crippen LogP contribution in [0.5, 0.6) is 5.75 Å². The number of hydrogen-bond donors (Lipinski definition) is 1. The van der Waals surface area contributed by atoms with Crippen LogP contribution in [0.3, 0.4) is 0 Å². The Labute approximate surface area is 95.3 Å². The van der Waals surface area contributed by atoms with E-state index in [-0.39, 0.29) is 5.91 Å². The fourth-order valence-electron chi connectivity index (χ4n) is 1.05. The molecule has 0 heterocycles. The van der Waals surface area contributed by atoms with Crippen molar-refractivity contribution in [3.63, 3.8) is 0 Å². The van der Waals surface area contributed by atoms with E-state index >= 15 is 0 Å². The van der Waals surface area contributed by atoms with Gasteiger partial charge in [0.15, 0.2) is 0 Å². The summed E-state index contributed by atoms with van der Waals surface area (Å²) in [5.74, 6) is 0.426. The van der Waals surface area contributed by atoms with Crippen LogP contribution in [0, 0.1) is 0 Å². The van der Waals surface area contributed by atoms with Crippen molar-refractivity contribution in [2.24, 2.45) is 5.10 Å². The number of carbonyl (C=O) groups excluding carboxylic acids is 1. The van der Waals surface area contributed by atoms with Crippen LogP contribution in [0.2, 0.25) is 0 Å². The number of amides is 1. The van der Waals surface area contributed by atoms with Gasteiger partial charge in [-0.1, -0.05) is 13.0 Å². The number of carbonyl (C=O) groups is 1. The molecule has 0 radical (unpaired) electrons. The average molecular weight is 220 g/mol. The molecule has 0 aliphatic rings. The van der Waals surface area contributed by atoms with Crippen LogP contribution in [0.25, 0.3) is 0 Å². The number of rotatable bonds is 4. The number of hydrogen-bond acceptors (Lipinski definition) is 3. The summed E-state index contributed by atoms with van der Waals surface area (Å²) in [7, 11) is 1.57. The fraction of sp³-hybridized carbons (Fsp3) is 0.333. The third-order valence-corrected chi connectivity index (χ3v) is 2.19. The molecular weight excluding hydrogens is 204 g/mol. The van der Waals surface area contributed by atoms with Crippen LogP contribution >= 0.6 is 0 Å². The Morgan fingerprint density at radius 3 is 2.88 bits per heavy atom. The second-order valence-corrected chi connectivity index (χ2v) is 3.37. The first-order chi connectivity index (χ1) is 7.67. The molecule has 0 unspecified atom stereocenters. The zero-order chi connectivity index (χ0) is 12.0. The number of hydrazone groups is 1. The summed E-state index contributed by atoms with van der Waals surface area (Å²) in [6, 6.07) is 6.95. The lowest BCUT2D eigenvalue weighted by atomic mass is 10.2. The molecule has 0 fully saturated rings. The molecule has 0 spiro atoms. The van der Waals surface area contributed by atoms with Crippen LogP contribution in [0.15, 0.2) is 29.4 Å². The van der Waals surface area contributed by atoms with Gasteiger partial charge in [-0.2, -0.15) is 5.10 Å². The topological polar surface area (TPSA) is 50.7 Å². The minimum absolute atomic E-state index is 0.230. The minimum atomic E-state index is -0.230. The number of ether oxygens (including phenoxy) is 1. The van der Waals surface area contributed by atoms with Gasteiger partial charge in [-0.05, 0) is 31.5 Å². The van der Waals surface area contributed by atoms with Crippen molar-refractivity contribution in [1.29, 1.82) is 0 Å². The third-order valence-electron chi connectivity index (χ3n) is 2.19. The van der Waals surface area contributed by atoms with E-state index in [2.05, 4.69) is 10.5 Å². The lowest BCUT2D eigenvalue weighted by molar-refractivity contribution is 0.0954. The van der Waals surface area contributed by atoms with E-state index in [1.54, 1.807) is 31.4 Å². The van der Waals surface area contributed by atoms with Crippen molar-refractivity contribution in [2.75, 3.05) is 7.11 Å². The van der Waals surface area contributed by atoms with Crippen molar-refractivity contribution < 1.29 is 9.53 Å². The van der Waals surface area contributed by atoms with Crippen molar-refractivity contribution >= 4 is 11.6 Å². The smallest absolute Gasteiger partial charge is 0.271 e. The SMILES string of the molecule is CC/C(C)=N/NC(=O)c1cccc(OC)c1. The second kappa shape index (κ2) is 5.90. The van der Waals surface area contributed by atoms with Crippen molar-refractivity contribution in [3.8, 4) is 5.75 Å². The standard InChI is InChI=1S/C12H16N2O2/c1-4-9(2)13-14-12(15)10-6-5-7-11(8-10)16-3/h5-8H,4H2,1-3H3,(H,14,15)/b13-9+. The summed E-state index contributed by atoms with van der Waals surface area (Å²) in [6.45, 7) is 3.85. The molecule has 1 rings (SSSR count). The van der Waals surface area contributed by atoms with E-state index < -0.39 is 0 Å². The quantitative estimate of drug-likeness (QED) is 0.624. The predicted octanol–water partition coefficient (Wildman–Crippen LogP) is 2.21. The predicted molar refractivity (Wildman–Crippen MR) is 63.9 cm³/mol. The highest BCUT2D eigenvalue weighted by Crippen LogP contribution is 2.12. The first-order valence-electron chi connectivity index (χ1n) is 5.15. The Kier molecular flexibility index (Phi) is 4.51. The Balaban J connectivity index is 2.73. The number of nitrogens with zero attached hydrogens (tertiary/aromatic N) is 1. The maximum Gasteiger partial charge on any atom is 0.271 e. The van der Waals surface area contributed by atoms with Gasteiger partial charge in [-0.3, -0.25) is 4.79 Å². The maximum absolute atomic E-state index is 11.7. The van der Waals surface area contributed by atoms with Crippen LogP contribution < -0.4 is 10.2 Å². The van der Waals surface area contributed by atoms with Crippen LogP contribution in [0.4, 0.5) is 0 Å². The van der Waals surface area contributed by atoms with Gasteiger partial charge in [0, 0.05) is 11.3 Å². The normalized spacial score (nSPS) is 11.1. The zero-order valence-electron chi connectivity index (χ0n) is 9.78. The average Bonchev–Trinajstić information content (AvgIpc) is 2.35. The molecular formula is C12H16N2O2. The van der Waals surface area contributed by atoms with Gasteiger partial charge in [0.2, 0.25) is 0 Å². The van der Waals surface area contributed by atoms with Crippen molar-refractivity contribution in [1.82, 2.24) is 5.43 Å². The highest BCUT2D eigenvalue weighted by Gasteiger charge is 2.05. The fourth-order valence-corrected chi connectivity index (χ4v) is 1.05. The Morgan fingerprint density at radius 1 is 1.50 bits per heavy atom. The Bertz CT molecular complexity index is 400. The van der Waals surface area contributed by atoms with Crippen LogP contribution in [-0.2, 0) is 0 Å². The lowest BCUT2D eigenvalue weighted by Crippen LogP contribution is -2.18. The molecule has 16 heavy (non-hydrogen) atoms. The largest absolute Gasteiger partial charge is 0.497 e. The molecule has 0 saturated heterocycles.